The van der Waals surface area contributed by atoms with Gasteiger partial charge in [-0.15, -0.1) is 0 Å². The van der Waals surface area contributed by atoms with Gasteiger partial charge in [-0.05, 0) is 43.4 Å². The maximum Gasteiger partial charge on any atom is 0.0945 e. The Morgan fingerprint density at radius 1 is 1.35 bits per heavy atom. The second kappa shape index (κ2) is 9.22. The van der Waals surface area contributed by atoms with E-state index in [0.717, 1.165) is 29.1 Å². The van der Waals surface area contributed by atoms with Crippen LogP contribution >= 0.6 is 11.6 Å². The molecule has 0 radical (unpaired) electrons. The molecule has 4 heteroatoms. The van der Waals surface area contributed by atoms with Gasteiger partial charge in [0.15, 0.2) is 0 Å². The summed E-state index contributed by atoms with van der Waals surface area (Å²) >= 11 is 6.05. The maximum absolute atomic E-state index is 9.82. The molecule has 0 aliphatic rings. The SMILES string of the molecule is Cc1ccc(NCC(O)COCCCC(C)C)cc1Cl. The Hall–Kier alpha value is -0.770. The average Bonchev–Trinajstić information content (AvgIpc) is 2.39. The summed E-state index contributed by atoms with van der Waals surface area (Å²) < 4.78 is 5.46. The summed E-state index contributed by atoms with van der Waals surface area (Å²) in [6.45, 7) is 7.91. The molecule has 0 bridgehead atoms. The summed E-state index contributed by atoms with van der Waals surface area (Å²) in [5.74, 6) is 0.705. The highest BCUT2D eigenvalue weighted by Gasteiger charge is 2.05. The number of aryl methyl sites for hydroxylation is 1. The monoisotopic (exact) mass is 299 g/mol. The second-order valence-corrected chi connectivity index (χ2v) is 6.02. The predicted octanol–water partition coefficient (Wildman–Crippen LogP) is 3.87. The van der Waals surface area contributed by atoms with Crippen molar-refractivity contribution in [2.24, 2.45) is 5.92 Å². The zero-order valence-corrected chi connectivity index (χ0v) is 13.4. The first-order valence-electron chi connectivity index (χ1n) is 7.25. The van der Waals surface area contributed by atoms with E-state index in [9.17, 15) is 5.11 Å². The molecular formula is C16H26ClNO2. The summed E-state index contributed by atoms with van der Waals surface area (Å²) in [7, 11) is 0. The Balaban J connectivity index is 2.16. The average molecular weight is 300 g/mol. The van der Waals surface area contributed by atoms with Crippen molar-refractivity contribution in [2.75, 3.05) is 25.1 Å². The van der Waals surface area contributed by atoms with Gasteiger partial charge in [0.2, 0.25) is 0 Å². The highest BCUT2D eigenvalue weighted by atomic mass is 35.5. The Morgan fingerprint density at radius 2 is 2.10 bits per heavy atom. The van der Waals surface area contributed by atoms with Gasteiger partial charge in [-0.1, -0.05) is 31.5 Å². The normalized spacial score (nSPS) is 12.7. The Kier molecular flexibility index (Phi) is 7.97. The van der Waals surface area contributed by atoms with Gasteiger partial charge < -0.3 is 15.2 Å². The lowest BCUT2D eigenvalue weighted by atomic mass is 10.1. The van der Waals surface area contributed by atoms with Gasteiger partial charge in [-0.3, -0.25) is 0 Å². The number of aliphatic hydroxyl groups excluding tert-OH is 1. The van der Waals surface area contributed by atoms with Gasteiger partial charge in [-0.25, -0.2) is 0 Å². The fraction of sp³-hybridized carbons (Fsp3) is 0.625. The van der Waals surface area contributed by atoms with Crippen LogP contribution in [-0.2, 0) is 4.74 Å². The molecule has 1 atom stereocenters. The molecule has 0 aliphatic heterocycles. The first-order valence-corrected chi connectivity index (χ1v) is 7.62. The first kappa shape index (κ1) is 17.3. The van der Waals surface area contributed by atoms with E-state index in [1.54, 1.807) is 0 Å². The van der Waals surface area contributed by atoms with E-state index in [1.807, 2.05) is 25.1 Å². The lowest BCUT2D eigenvalue weighted by molar-refractivity contribution is 0.0409. The van der Waals surface area contributed by atoms with Crippen molar-refractivity contribution in [2.45, 2.75) is 39.7 Å². The molecule has 0 aromatic heterocycles. The van der Waals surface area contributed by atoms with E-state index in [4.69, 9.17) is 16.3 Å². The minimum Gasteiger partial charge on any atom is -0.389 e. The molecule has 0 amide bonds. The molecule has 1 unspecified atom stereocenters. The Bertz CT molecular complexity index is 396. The fourth-order valence-corrected chi connectivity index (χ4v) is 1.99. The van der Waals surface area contributed by atoms with Gasteiger partial charge in [-0.2, -0.15) is 0 Å². The van der Waals surface area contributed by atoms with Crippen LogP contribution < -0.4 is 5.32 Å². The molecule has 1 aromatic carbocycles. The van der Waals surface area contributed by atoms with Crippen molar-refractivity contribution in [1.29, 1.82) is 0 Å². The molecule has 0 heterocycles. The molecule has 114 valence electrons. The highest BCUT2D eigenvalue weighted by molar-refractivity contribution is 6.31. The molecule has 0 saturated heterocycles. The predicted molar refractivity (Wildman–Crippen MR) is 85.6 cm³/mol. The zero-order chi connectivity index (χ0) is 15.0. The second-order valence-electron chi connectivity index (χ2n) is 5.61. The molecule has 3 nitrogen and oxygen atoms in total. The number of rotatable bonds is 9. The number of aliphatic hydroxyl groups is 1. The Morgan fingerprint density at radius 3 is 2.75 bits per heavy atom. The van der Waals surface area contributed by atoms with Crippen molar-refractivity contribution in [3.63, 3.8) is 0 Å². The number of hydrogen-bond acceptors (Lipinski definition) is 3. The summed E-state index contributed by atoms with van der Waals surface area (Å²) in [5, 5.41) is 13.7. The number of nitrogens with one attached hydrogen (secondary N) is 1. The molecule has 2 N–H and O–H groups in total. The minimum atomic E-state index is -0.505. The van der Waals surface area contributed by atoms with Crippen LogP contribution in [0.4, 0.5) is 5.69 Å². The number of halogens is 1. The summed E-state index contributed by atoms with van der Waals surface area (Å²) in [4.78, 5) is 0. The van der Waals surface area contributed by atoms with Crippen LogP contribution in [0.3, 0.4) is 0 Å². The van der Waals surface area contributed by atoms with Crippen LogP contribution in [0.5, 0.6) is 0 Å². The van der Waals surface area contributed by atoms with E-state index in [-0.39, 0.29) is 0 Å². The molecule has 0 saturated carbocycles. The number of hydrogen-bond donors (Lipinski definition) is 2. The van der Waals surface area contributed by atoms with Crippen molar-refractivity contribution in [3.8, 4) is 0 Å². The van der Waals surface area contributed by atoms with Crippen LogP contribution in [0.1, 0.15) is 32.3 Å². The third-order valence-corrected chi connectivity index (χ3v) is 3.50. The minimum absolute atomic E-state index is 0.366. The van der Waals surface area contributed by atoms with Crippen molar-refractivity contribution >= 4 is 17.3 Å². The molecule has 0 fully saturated rings. The molecular weight excluding hydrogens is 274 g/mol. The van der Waals surface area contributed by atoms with Crippen LogP contribution in [0, 0.1) is 12.8 Å². The number of anilines is 1. The molecule has 1 aromatic rings. The van der Waals surface area contributed by atoms with Gasteiger partial charge >= 0.3 is 0 Å². The van der Waals surface area contributed by atoms with Crippen LogP contribution in [0.25, 0.3) is 0 Å². The standard InChI is InChI=1S/C16H26ClNO2/c1-12(2)5-4-8-20-11-15(19)10-18-14-7-6-13(3)16(17)9-14/h6-7,9,12,15,18-19H,4-5,8,10-11H2,1-3H3. The lowest BCUT2D eigenvalue weighted by Gasteiger charge is -2.14. The van der Waals surface area contributed by atoms with E-state index in [2.05, 4.69) is 19.2 Å². The lowest BCUT2D eigenvalue weighted by Crippen LogP contribution is -2.25. The van der Waals surface area contributed by atoms with Crippen molar-refractivity contribution in [1.82, 2.24) is 0 Å². The van der Waals surface area contributed by atoms with Crippen molar-refractivity contribution < 1.29 is 9.84 Å². The van der Waals surface area contributed by atoms with Crippen LogP contribution in [0.15, 0.2) is 18.2 Å². The first-order chi connectivity index (χ1) is 9.49. The Labute approximate surface area is 127 Å². The van der Waals surface area contributed by atoms with Gasteiger partial charge in [0.05, 0.1) is 12.7 Å². The number of ether oxygens (including phenoxy) is 1. The zero-order valence-electron chi connectivity index (χ0n) is 12.7. The summed E-state index contributed by atoms with van der Waals surface area (Å²) in [6, 6.07) is 5.78. The quantitative estimate of drug-likeness (QED) is 0.680. The third kappa shape index (κ3) is 7.13. The maximum atomic E-state index is 9.82. The van der Waals surface area contributed by atoms with Gasteiger partial charge in [0, 0.05) is 23.9 Å². The molecule has 1 rings (SSSR count). The topological polar surface area (TPSA) is 41.5 Å². The number of benzene rings is 1. The van der Waals surface area contributed by atoms with E-state index >= 15 is 0 Å². The molecule has 0 aliphatic carbocycles. The van der Waals surface area contributed by atoms with Gasteiger partial charge in [0.1, 0.15) is 0 Å². The summed E-state index contributed by atoms with van der Waals surface area (Å²) in [6.07, 6.45) is 1.70. The summed E-state index contributed by atoms with van der Waals surface area (Å²) in [5.41, 5.74) is 1.96. The van der Waals surface area contributed by atoms with E-state index in [0.29, 0.717) is 25.7 Å². The van der Waals surface area contributed by atoms with Gasteiger partial charge in [0.25, 0.3) is 0 Å². The van der Waals surface area contributed by atoms with Crippen LogP contribution in [-0.4, -0.2) is 31.0 Å². The largest absolute Gasteiger partial charge is 0.389 e. The fourth-order valence-electron chi connectivity index (χ4n) is 1.81. The van der Waals surface area contributed by atoms with E-state index in [1.165, 1.54) is 0 Å². The molecule has 0 spiro atoms. The third-order valence-electron chi connectivity index (χ3n) is 3.09. The molecule has 20 heavy (non-hydrogen) atoms. The van der Waals surface area contributed by atoms with Crippen LogP contribution in [0.2, 0.25) is 5.02 Å². The smallest absolute Gasteiger partial charge is 0.0945 e. The van der Waals surface area contributed by atoms with E-state index < -0.39 is 6.10 Å². The van der Waals surface area contributed by atoms with Crippen molar-refractivity contribution in [3.05, 3.63) is 28.8 Å². The highest BCUT2D eigenvalue weighted by Crippen LogP contribution is 2.19.